The van der Waals surface area contributed by atoms with Gasteiger partial charge in [-0.2, -0.15) is 17.6 Å². The number of rotatable bonds is 6. The first kappa shape index (κ1) is 20.6. The zero-order valence-electron chi connectivity index (χ0n) is 14.2. The second-order valence-electron chi connectivity index (χ2n) is 6.13. The molecule has 2 atom stereocenters. The number of alkyl halides is 4. The Hall–Kier alpha value is -2.72. The molecule has 0 aromatic heterocycles. The lowest BCUT2D eigenvalue weighted by molar-refractivity contribution is -0.143. The first-order valence-electron chi connectivity index (χ1n) is 7.98. The van der Waals surface area contributed by atoms with Crippen molar-refractivity contribution in [3.05, 3.63) is 18.2 Å². The summed E-state index contributed by atoms with van der Waals surface area (Å²) in [6.45, 7) is -4.38. The summed E-state index contributed by atoms with van der Waals surface area (Å²) in [5.74, 6) is -2.82. The molecule has 0 saturated carbocycles. The van der Waals surface area contributed by atoms with Gasteiger partial charge in [0.25, 0.3) is 0 Å². The van der Waals surface area contributed by atoms with E-state index in [-0.39, 0.29) is 24.7 Å². The summed E-state index contributed by atoms with van der Waals surface area (Å²) in [5, 5.41) is 11.5. The van der Waals surface area contributed by atoms with Crippen LogP contribution in [-0.2, 0) is 4.79 Å². The Kier molecular flexibility index (Phi) is 6.70. The van der Waals surface area contributed by atoms with Crippen LogP contribution < -0.4 is 14.8 Å². The number of anilines is 1. The lowest BCUT2D eigenvalue weighted by atomic mass is 9.91. The van der Waals surface area contributed by atoms with Crippen LogP contribution in [0.15, 0.2) is 18.2 Å². The van der Waals surface area contributed by atoms with E-state index in [0.29, 0.717) is 6.42 Å². The summed E-state index contributed by atoms with van der Waals surface area (Å²) in [4.78, 5) is 24.9. The molecule has 0 bridgehead atoms. The van der Waals surface area contributed by atoms with Gasteiger partial charge in [-0.15, -0.1) is 0 Å². The topological polar surface area (TPSA) is 88.1 Å². The third-order valence-corrected chi connectivity index (χ3v) is 3.93. The van der Waals surface area contributed by atoms with Crippen molar-refractivity contribution in [1.29, 1.82) is 0 Å². The molecule has 2 unspecified atom stereocenters. The van der Waals surface area contributed by atoms with E-state index < -0.39 is 42.6 Å². The fourth-order valence-corrected chi connectivity index (χ4v) is 2.87. The van der Waals surface area contributed by atoms with Crippen LogP contribution in [0.3, 0.4) is 0 Å². The second kappa shape index (κ2) is 8.78. The Labute approximate surface area is 151 Å². The number of carbonyl (C=O) groups is 2. The molecule has 2 rings (SSSR count). The summed E-state index contributed by atoms with van der Waals surface area (Å²) in [5.41, 5.74) is -0.188. The number of hydrogen-bond acceptors (Lipinski definition) is 4. The summed E-state index contributed by atoms with van der Waals surface area (Å²) < 4.78 is 58.1. The molecule has 11 heteroatoms. The van der Waals surface area contributed by atoms with Crippen LogP contribution in [-0.4, -0.2) is 48.3 Å². The highest BCUT2D eigenvalue weighted by molar-refractivity contribution is 5.91. The molecule has 7 nitrogen and oxygen atoms in total. The van der Waals surface area contributed by atoms with Gasteiger partial charge >= 0.3 is 25.2 Å². The van der Waals surface area contributed by atoms with Crippen LogP contribution in [0, 0.1) is 11.8 Å². The van der Waals surface area contributed by atoms with Crippen LogP contribution >= 0.6 is 0 Å². The monoisotopic (exact) mass is 394 g/mol. The largest absolute Gasteiger partial charge is 0.481 e. The van der Waals surface area contributed by atoms with E-state index in [9.17, 15) is 27.2 Å². The number of hydrogen-bond donors (Lipinski definition) is 2. The molecule has 1 aliphatic heterocycles. The van der Waals surface area contributed by atoms with Crippen LogP contribution in [0.4, 0.5) is 28.0 Å². The molecule has 1 aromatic rings. The predicted octanol–water partition coefficient (Wildman–Crippen LogP) is 3.46. The van der Waals surface area contributed by atoms with Crippen molar-refractivity contribution in [3.8, 4) is 11.5 Å². The van der Waals surface area contributed by atoms with Gasteiger partial charge in [-0.05, 0) is 24.5 Å². The molecule has 150 valence electrons. The Balaban J connectivity index is 2.16. The molecule has 1 aromatic carbocycles. The number of benzene rings is 1. The van der Waals surface area contributed by atoms with Gasteiger partial charge in [-0.25, -0.2) is 4.79 Å². The average molecular weight is 394 g/mol. The molecule has 0 spiro atoms. The standard InChI is InChI=1S/C16H18F4N2O5/c1-8-4-9(13(23)24)7-22(6-8)16(25)21-11-3-2-10(26-14(17)18)5-12(11)27-15(19)20/h2-3,5,8-9,14-15H,4,6-7H2,1H3,(H,21,25)(H,23,24). The van der Waals surface area contributed by atoms with Crippen molar-refractivity contribution in [2.45, 2.75) is 26.6 Å². The molecule has 0 radical (unpaired) electrons. The van der Waals surface area contributed by atoms with Gasteiger partial charge < -0.3 is 24.8 Å². The quantitative estimate of drug-likeness (QED) is 0.722. The van der Waals surface area contributed by atoms with Gasteiger partial charge in [-0.3, -0.25) is 4.79 Å². The number of amides is 2. The minimum absolute atomic E-state index is 0.0386. The van der Waals surface area contributed by atoms with E-state index in [0.717, 1.165) is 18.2 Å². The Morgan fingerprint density at radius 3 is 2.44 bits per heavy atom. The maximum Gasteiger partial charge on any atom is 0.387 e. The normalized spacial score (nSPS) is 19.9. The minimum Gasteiger partial charge on any atom is -0.481 e. The van der Waals surface area contributed by atoms with E-state index in [1.165, 1.54) is 4.90 Å². The Morgan fingerprint density at radius 2 is 1.85 bits per heavy atom. The van der Waals surface area contributed by atoms with Gasteiger partial charge in [0.1, 0.15) is 5.75 Å². The van der Waals surface area contributed by atoms with Crippen LogP contribution in [0.25, 0.3) is 0 Å². The third kappa shape index (κ3) is 5.90. The SMILES string of the molecule is CC1CC(C(=O)O)CN(C(=O)Nc2ccc(OC(F)F)cc2OC(F)F)C1. The van der Waals surface area contributed by atoms with E-state index in [1.54, 1.807) is 6.92 Å². The van der Waals surface area contributed by atoms with Crippen molar-refractivity contribution in [2.24, 2.45) is 11.8 Å². The molecule has 2 N–H and O–H groups in total. The zero-order chi connectivity index (χ0) is 20.1. The number of nitrogens with zero attached hydrogens (tertiary/aromatic N) is 1. The number of ether oxygens (including phenoxy) is 2. The van der Waals surface area contributed by atoms with Crippen molar-refractivity contribution in [3.63, 3.8) is 0 Å². The van der Waals surface area contributed by atoms with Crippen molar-refractivity contribution >= 4 is 17.7 Å². The summed E-state index contributed by atoms with van der Waals surface area (Å²) >= 11 is 0. The number of urea groups is 1. The van der Waals surface area contributed by atoms with Crippen LogP contribution in [0.2, 0.25) is 0 Å². The van der Waals surface area contributed by atoms with Gasteiger partial charge in [0, 0.05) is 19.2 Å². The van der Waals surface area contributed by atoms with E-state index in [4.69, 9.17) is 5.11 Å². The second-order valence-corrected chi connectivity index (χ2v) is 6.13. The number of carboxylic acids is 1. The van der Waals surface area contributed by atoms with Crippen molar-refractivity contribution < 1.29 is 41.7 Å². The average Bonchev–Trinajstić information content (AvgIpc) is 2.55. The molecular weight excluding hydrogens is 376 g/mol. The number of piperidine rings is 1. The fourth-order valence-electron chi connectivity index (χ4n) is 2.87. The van der Waals surface area contributed by atoms with Crippen molar-refractivity contribution in [2.75, 3.05) is 18.4 Å². The maximum atomic E-state index is 12.6. The van der Waals surface area contributed by atoms with Crippen LogP contribution in [0.5, 0.6) is 11.5 Å². The Bertz CT molecular complexity index is 689. The molecule has 1 aliphatic rings. The van der Waals surface area contributed by atoms with Gasteiger partial charge in [-0.1, -0.05) is 6.92 Å². The van der Waals surface area contributed by atoms with E-state index in [2.05, 4.69) is 14.8 Å². The van der Waals surface area contributed by atoms with Gasteiger partial charge in [0.15, 0.2) is 5.75 Å². The Morgan fingerprint density at radius 1 is 1.19 bits per heavy atom. The third-order valence-electron chi connectivity index (χ3n) is 3.93. The van der Waals surface area contributed by atoms with Crippen LogP contribution in [0.1, 0.15) is 13.3 Å². The maximum absolute atomic E-state index is 12.6. The predicted molar refractivity (Wildman–Crippen MR) is 85.2 cm³/mol. The zero-order valence-corrected chi connectivity index (χ0v) is 14.2. The number of likely N-dealkylation sites (tertiary alicyclic amines) is 1. The fraction of sp³-hybridized carbons (Fsp3) is 0.500. The number of nitrogens with one attached hydrogen (secondary N) is 1. The van der Waals surface area contributed by atoms with E-state index >= 15 is 0 Å². The van der Waals surface area contributed by atoms with Gasteiger partial charge in [0.05, 0.1) is 11.6 Å². The summed E-state index contributed by atoms with van der Waals surface area (Å²) in [6.07, 6.45) is 0.415. The number of aliphatic carboxylic acids is 1. The minimum atomic E-state index is -3.26. The number of carboxylic acid groups (broad SMARTS) is 1. The van der Waals surface area contributed by atoms with Crippen molar-refractivity contribution in [1.82, 2.24) is 4.90 Å². The highest BCUT2D eigenvalue weighted by Crippen LogP contribution is 2.32. The molecule has 1 heterocycles. The molecule has 1 fully saturated rings. The van der Waals surface area contributed by atoms with Gasteiger partial charge in [0.2, 0.25) is 0 Å². The molecule has 2 amide bonds. The smallest absolute Gasteiger partial charge is 0.387 e. The molecule has 1 saturated heterocycles. The lowest BCUT2D eigenvalue weighted by Crippen LogP contribution is -2.47. The molecule has 27 heavy (non-hydrogen) atoms. The summed E-state index contributed by atoms with van der Waals surface area (Å²) in [6, 6.07) is 2.22. The molecule has 0 aliphatic carbocycles. The molecular formula is C16H18F4N2O5. The lowest BCUT2D eigenvalue weighted by Gasteiger charge is -2.34. The number of carbonyl (C=O) groups excluding carboxylic acids is 1. The van der Waals surface area contributed by atoms with E-state index in [1.807, 2.05) is 0 Å². The summed E-state index contributed by atoms with van der Waals surface area (Å²) in [7, 11) is 0. The highest BCUT2D eigenvalue weighted by atomic mass is 19.3. The first-order chi connectivity index (χ1) is 12.7. The highest BCUT2D eigenvalue weighted by Gasteiger charge is 2.32. The number of halogens is 4. The first-order valence-corrected chi connectivity index (χ1v) is 7.98.